The highest BCUT2D eigenvalue weighted by Crippen LogP contribution is 2.18. The van der Waals surface area contributed by atoms with E-state index in [4.69, 9.17) is 4.74 Å². The molecule has 1 aromatic rings. The second-order valence-electron chi connectivity index (χ2n) is 6.94. The minimum atomic E-state index is -0.262. The molecule has 1 aromatic carbocycles. The molecule has 138 valence electrons. The molecule has 2 aliphatic rings. The van der Waals surface area contributed by atoms with Crippen molar-refractivity contribution in [1.29, 1.82) is 0 Å². The lowest BCUT2D eigenvalue weighted by Crippen LogP contribution is -2.47. The number of amides is 2. The van der Waals surface area contributed by atoms with Crippen LogP contribution in [0.25, 0.3) is 0 Å². The summed E-state index contributed by atoms with van der Waals surface area (Å²) in [6, 6.07) is 6.74. The van der Waals surface area contributed by atoms with Crippen LogP contribution in [0.3, 0.4) is 0 Å². The molecule has 25 heavy (non-hydrogen) atoms. The Kier molecular flexibility index (Phi) is 6.64. The van der Waals surface area contributed by atoms with Gasteiger partial charge in [-0.25, -0.2) is 9.18 Å². The van der Waals surface area contributed by atoms with Crippen molar-refractivity contribution in [3.05, 3.63) is 35.6 Å². The summed E-state index contributed by atoms with van der Waals surface area (Å²) < 4.78 is 18.9. The number of urea groups is 1. The molecule has 2 fully saturated rings. The molecular weight excluding hydrogens is 321 g/mol. The van der Waals surface area contributed by atoms with E-state index >= 15 is 0 Å². The molecule has 5 nitrogen and oxygen atoms in total. The number of halogens is 1. The fraction of sp³-hybridized carbons (Fsp3) is 0.632. The average molecular weight is 349 g/mol. The fourth-order valence-corrected chi connectivity index (χ4v) is 3.53. The fourth-order valence-electron chi connectivity index (χ4n) is 3.53. The highest BCUT2D eigenvalue weighted by atomic mass is 19.1. The van der Waals surface area contributed by atoms with Crippen LogP contribution in [-0.4, -0.2) is 61.3 Å². The molecule has 0 unspecified atom stereocenters. The largest absolute Gasteiger partial charge is 0.379 e. The molecule has 1 aliphatic heterocycles. The van der Waals surface area contributed by atoms with Gasteiger partial charge in [0.2, 0.25) is 0 Å². The van der Waals surface area contributed by atoms with Gasteiger partial charge in [0.1, 0.15) is 5.82 Å². The van der Waals surface area contributed by atoms with Gasteiger partial charge < -0.3 is 15.0 Å². The summed E-state index contributed by atoms with van der Waals surface area (Å²) in [4.78, 5) is 16.9. The number of nitrogens with zero attached hydrogens (tertiary/aromatic N) is 2. The Labute approximate surface area is 149 Å². The number of hydrogen-bond acceptors (Lipinski definition) is 3. The molecule has 1 saturated heterocycles. The lowest BCUT2D eigenvalue weighted by Gasteiger charge is -2.31. The Morgan fingerprint density at radius 1 is 1.28 bits per heavy atom. The monoisotopic (exact) mass is 349 g/mol. The van der Waals surface area contributed by atoms with Crippen molar-refractivity contribution >= 4 is 6.03 Å². The first-order valence-electron chi connectivity index (χ1n) is 9.31. The molecule has 0 spiro atoms. The molecule has 0 bridgehead atoms. The second kappa shape index (κ2) is 9.15. The molecule has 2 amide bonds. The molecule has 1 heterocycles. The zero-order chi connectivity index (χ0) is 17.5. The minimum Gasteiger partial charge on any atom is -0.379 e. The van der Waals surface area contributed by atoms with Crippen LogP contribution < -0.4 is 5.32 Å². The quantitative estimate of drug-likeness (QED) is 0.859. The van der Waals surface area contributed by atoms with Crippen LogP contribution in [0.4, 0.5) is 9.18 Å². The summed E-state index contributed by atoms with van der Waals surface area (Å²) in [6.07, 6.45) is 4.48. The van der Waals surface area contributed by atoms with E-state index in [0.717, 1.165) is 51.3 Å². The van der Waals surface area contributed by atoms with Crippen LogP contribution in [0.2, 0.25) is 0 Å². The van der Waals surface area contributed by atoms with Crippen molar-refractivity contribution in [2.75, 3.05) is 39.4 Å². The summed E-state index contributed by atoms with van der Waals surface area (Å²) >= 11 is 0. The van der Waals surface area contributed by atoms with Crippen molar-refractivity contribution < 1.29 is 13.9 Å². The maximum atomic E-state index is 13.5. The number of rotatable bonds is 6. The van der Waals surface area contributed by atoms with E-state index in [1.54, 1.807) is 6.07 Å². The van der Waals surface area contributed by atoms with E-state index in [1.165, 1.54) is 25.0 Å². The number of morpholine rings is 1. The lowest BCUT2D eigenvalue weighted by molar-refractivity contribution is 0.0346. The number of ether oxygens (including phenoxy) is 1. The van der Waals surface area contributed by atoms with Crippen molar-refractivity contribution in [2.45, 2.75) is 38.3 Å². The Morgan fingerprint density at radius 2 is 2.04 bits per heavy atom. The van der Waals surface area contributed by atoms with Crippen molar-refractivity contribution in [3.63, 3.8) is 0 Å². The Morgan fingerprint density at radius 3 is 2.76 bits per heavy atom. The number of nitrogens with one attached hydrogen (secondary N) is 1. The zero-order valence-electron chi connectivity index (χ0n) is 14.8. The van der Waals surface area contributed by atoms with Gasteiger partial charge in [-0.3, -0.25) is 4.90 Å². The van der Waals surface area contributed by atoms with Crippen LogP contribution in [0.5, 0.6) is 0 Å². The number of benzene rings is 1. The second-order valence-corrected chi connectivity index (χ2v) is 6.94. The third-order valence-electron chi connectivity index (χ3n) is 5.02. The van der Waals surface area contributed by atoms with Crippen molar-refractivity contribution in [1.82, 2.24) is 15.1 Å². The van der Waals surface area contributed by atoms with Crippen LogP contribution in [0, 0.1) is 5.82 Å². The van der Waals surface area contributed by atoms with E-state index in [2.05, 4.69) is 10.2 Å². The van der Waals surface area contributed by atoms with Gasteiger partial charge >= 0.3 is 6.03 Å². The van der Waals surface area contributed by atoms with E-state index < -0.39 is 0 Å². The summed E-state index contributed by atoms with van der Waals surface area (Å²) in [7, 11) is 0. The maximum Gasteiger partial charge on any atom is 0.317 e. The molecule has 1 N–H and O–H groups in total. The summed E-state index contributed by atoms with van der Waals surface area (Å²) in [6.45, 7) is 5.18. The standard InChI is InChI=1S/C19H28FN3O2/c20-17-5-3-4-16(14-17)15-23(9-8-22-10-12-25-13-11-22)19(24)21-18-6-1-2-7-18/h3-5,14,18H,1-2,6-13,15H2,(H,21,24). The Hall–Kier alpha value is -1.66. The highest BCUT2D eigenvalue weighted by molar-refractivity contribution is 5.74. The average Bonchev–Trinajstić information content (AvgIpc) is 3.12. The van der Waals surface area contributed by atoms with E-state index in [0.29, 0.717) is 13.1 Å². The third-order valence-corrected chi connectivity index (χ3v) is 5.02. The topological polar surface area (TPSA) is 44.8 Å². The Balaban J connectivity index is 1.60. The van der Waals surface area contributed by atoms with Gasteiger partial charge in [0.05, 0.1) is 13.2 Å². The molecule has 1 aliphatic carbocycles. The van der Waals surface area contributed by atoms with Crippen molar-refractivity contribution in [3.8, 4) is 0 Å². The van der Waals surface area contributed by atoms with Crippen LogP contribution in [0.1, 0.15) is 31.2 Å². The van der Waals surface area contributed by atoms with Gasteiger partial charge in [0.25, 0.3) is 0 Å². The predicted molar refractivity (Wildman–Crippen MR) is 94.9 cm³/mol. The number of carbonyl (C=O) groups is 1. The molecule has 6 heteroatoms. The van der Waals surface area contributed by atoms with Crippen LogP contribution >= 0.6 is 0 Å². The van der Waals surface area contributed by atoms with E-state index in [9.17, 15) is 9.18 Å². The third kappa shape index (κ3) is 5.68. The first-order chi connectivity index (χ1) is 12.2. The van der Waals surface area contributed by atoms with Crippen LogP contribution in [0.15, 0.2) is 24.3 Å². The van der Waals surface area contributed by atoms with Gasteiger partial charge in [-0.2, -0.15) is 0 Å². The van der Waals surface area contributed by atoms with Gasteiger partial charge in [-0.05, 0) is 30.5 Å². The van der Waals surface area contributed by atoms with E-state index in [1.807, 2.05) is 11.0 Å². The van der Waals surface area contributed by atoms with E-state index in [-0.39, 0.29) is 17.9 Å². The minimum absolute atomic E-state index is 0.0376. The predicted octanol–water partition coefficient (Wildman–Crippen LogP) is 2.61. The van der Waals surface area contributed by atoms with Crippen molar-refractivity contribution in [2.24, 2.45) is 0 Å². The van der Waals surface area contributed by atoms with Gasteiger partial charge in [0.15, 0.2) is 0 Å². The lowest BCUT2D eigenvalue weighted by atomic mass is 10.2. The molecule has 1 saturated carbocycles. The number of carbonyl (C=O) groups excluding carboxylic acids is 1. The first-order valence-corrected chi connectivity index (χ1v) is 9.31. The molecule has 0 atom stereocenters. The maximum absolute atomic E-state index is 13.5. The smallest absolute Gasteiger partial charge is 0.317 e. The van der Waals surface area contributed by atoms with Gasteiger partial charge in [-0.15, -0.1) is 0 Å². The van der Waals surface area contributed by atoms with Crippen LogP contribution in [-0.2, 0) is 11.3 Å². The van der Waals surface area contributed by atoms with Gasteiger partial charge in [0, 0.05) is 38.8 Å². The SMILES string of the molecule is O=C(NC1CCCC1)N(CCN1CCOCC1)Cc1cccc(F)c1. The number of hydrogen-bond donors (Lipinski definition) is 1. The molecule has 0 aromatic heterocycles. The molecular formula is C19H28FN3O2. The molecule has 3 rings (SSSR count). The summed E-state index contributed by atoms with van der Waals surface area (Å²) in [5, 5.41) is 3.15. The first kappa shape index (κ1) is 18.1. The normalized spacial score (nSPS) is 19.1. The summed E-state index contributed by atoms with van der Waals surface area (Å²) in [5.74, 6) is -0.262. The molecule has 0 radical (unpaired) electrons. The van der Waals surface area contributed by atoms with Gasteiger partial charge in [-0.1, -0.05) is 25.0 Å². The Bertz CT molecular complexity index is 557. The highest BCUT2D eigenvalue weighted by Gasteiger charge is 2.22. The summed E-state index contributed by atoms with van der Waals surface area (Å²) in [5.41, 5.74) is 0.823. The zero-order valence-corrected chi connectivity index (χ0v) is 14.8.